The van der Waals surface area contributed by atoms with Gasteiger partial charge in [-0.05, 0) is 18.6 Å². The van der Waals surface area contributed by atoms with Crippen LogP contribution in [-0.2, 0) is 9.47 Å². The summed E-state index contributed by atoms with van der Waals surface area (Å²) in [6.45, 7) is 2.02. The molecule has 0 unspecified atom stereocenters. The number of carbonyl (C=O) groups is 2. The van der Waals surface area contributed by atoms with Crippen molar-refractivity contribution in [2.75, 3.05) is 33.5 Å². The molecule has 7 nitrogen and oxygen atoms in total. The van der Waals surface area contributed by atoms with Gasteiger partial charge in [0, 0.05) is 20.3 Å². The molecule has 110 valence electrons. The summed E-state index contributed by atoms with van der Waals surface area (Å²) in [6, 6.07) is 4.29. The molecule has 0 aliphatic rings. The lowest BCUT2D eigenvalue weighted by atomic mass is 10.3. The summed E-state index contributed by atoms with van der Waals surface area (Å²) in [5, 5.41) is 11.4. The summed E-state index contributed by atoms with van der Waals surface area (Å²) in [4.78, 5) is 26.2. The zero-order valence-electron chi connectivity index (χ0n) is 11.3. The highest BCUT2D eigenvalue weighted by Gasteiger charge is 2.10. The maximum Gasteiger partial charge on any atom is 0.354 e. The largest absolute Gasteiger partial charge is 0.477 e. The third-order valence-corrected chi connectivity index (χ3v) is 2.38. The molecule has 0 fully saturated rings. The van der Waals surface area contributed by atoms with Crippen LogP contribution < -0.4 is 5.32 Å². The van der Waals surface area contributed by atoms with Gasteiger partial charge < -0.3 is 19.9 Å². The number of carboxylic acid groups (broad SMARTS) is 1. The van der Waals surface area contributed by atoms with Gasteiger partial charge in [0.05, 0.1) is 13.2 Å². The number of aromatic carboxylic acids is 1. The van der Waals surface area contributed by atoms with Crippen LogP contribution in [0.3, 0.4) is 0 Å². The van der Waals surface area contributed by atoms with Crippen molar-refractivity contribution in [3.63, 3.8) is 0 Å². The molecule has 0 saturated heterocycles. The second-order valence-electron chi connectivity index (χ2n) is 3.93. The van der Waals surface area contributed by atoms with E-state index < -0.39 is 11.9 Å². The zero-order chi connectivity index (χ0) is 14.8. The summed E-state index contributed by atoms with van der Waals surface area (Å²) in [5.74, 6) is -1.56. The molecule has 0 bridgehead atoms. The van der Waals surface area contributed by atoms with E-state index in [4.69, 9.17) is 14.6 Å². The first-order chi connectivity index (χ1) is 9.65. The lowest BCUT2D eigenvalue weighted by molar-refractivity contribution is 0.0688. The number of hydrogen-bond acceptors (Lipinski definition) is 5. The molecule has 1 heterocycles. The predicted molar refractivity (Wildman–Crippen MR) is 70.8 cm³/mol. The summed E-state index contributed by atoms with van der Waals surface area (Å²) in [6.07, 6.45) is 0.661. The molecular weight excluding hydrogens is 264 g/mol. The van der Waals surface area contributed by atoms with Gasteiger partial charge in [-0.2, -0.15) is 0 Å². The second-order valence-corrected chi connectivity index (χ2v) is 3.93. The standard InChI is InChI=1S/C13H18N2O5/c1-19-8-9-20-7-3-6-14-12(16)10-4-2-5-11(15-10)13(17)18/h2,4-5H,3,6-9H2,1H3,(H,14,16)(H,17,18). The van der Waals surface area contributed by atoms with E-state index in [2.05, 4.69) is 10.3 Å². The number of rotatable bonds is 9. The Bertz CT molecular complexity index is 450. The third-order valence-electron chi connectivity index (χ3n) is 2.38. The van der Waals surface area contributed by atoms with Crippen molar-refractivity contribution in [2.24, 2.45) is 0 Å². The number of methoxy groups -OCH3 is 1. The Balaban J connectivity index is 2.29. The van der Waals surface area contributed by atoms with Crippen LogP contribution in [0.15, 0.2) is 18.2 Å². The van der Waals surface area contributed by atoms with Crippen molar-refractivity contribution in [1.82, 2.24) is 10.3 Å². The maximum atomic E-state index is 11.7. The van der Waals surface area contributed by atoms with E-state index in [0.29, 0.717) is 32.8 Å². The fourth-order valence-corrected chi connectivity index (χ4v) is 1.39. The maximum absolute atomic E-state index is 11.7. The van der Waals surface area contributed by atoms with Crippen LogP contribution in [0.1, 0.15) is 27.4 Å². The van der Waals surface area contributed by atoms with E-state index >= 15 is 0 Å². The minimum atomic E-state index is -1.16. The van der Waals surface area contributed by atoms with Crippen LogP contribution in [0.4, 0.5) is 0 Å². The van der Waals surface area contributed by atoms with Crippen molar-refractivity contribution in [3.8, 4) is 0 Å². The van der Waals surface area contributed by atoms with Crippen molar-refractivity contribution in [2.45, 2.75) is 6.42 Å². The first-order valence-corrected chi connectivity index (χ1v) is 6.20. The molecule has 1 aromatic heterocycles. The molecule has 0 aliphatic carbocycles. The quantitative estimate of drug-likeness (QED) is 0.642. The lowest BCUT2D eigenvalue weighted by Crippen LogP contribution is -2.26. The summed E-state index contributed by atoms with van der Waals surface area (Å²) in [7, 11) is 1.60. The fraction of sp³-hybridized carbons (Fsp3) is 0.462. The molecule has 0 radical (unpaired) electrons. The van der Waals surface area contributed by atoms with E-state index in [9.17, 15) is 9.59 Å². The average Bonchev–Trinajstić information content (AvgIpc) is 2.46. The predicted octanol–water partition coefficient (Wildman–Crippen LogP) is 0.563. The number of carboxylic acids is 1. The minimum Gasteiger partial charge on any atom is -0.477 e. The van der Waals surface area contributed by atoms with E-state index in [1.165, 1.54) is 18.2 Å². The Morgan fingerprint density at radius 2 is 2.00 bits per heavy atom. The molecule has 0 aliphatic heterocycles. The molecule has 7 heteroatoms. The number of pyridine rings is 1. The Labute approximate surface area is 116 Å². The molecule has 2 N–H and O–H groups in total. The highest BCUT2D eigenvalue weighted by atomic mass is 16.5. The van der Waals surface area contributed by atoms with Crippen LogP contribution in [0.5, 0.6) is 0 Å². The molecule has 0 spiro atoms. The van der Waals surface area contributed by atoms with Crippen molar-refractivity contribution in [3.05, 3.63) is 29.6 Å². The van der Waals surface area contributed by atoms with Crippen LogP contribution in [0.25, 0.3) is 0 Å². The van der Waals surface area contributed by atoms with Crippen molar-refractivity contribution < 1.29 is 24.2 Å². The number of carbonyl (C=O) groups excluding carboxylic acids is 1. The first-order valence-electron chi connectivity index (χ1n) is 6.20. The number of nitrogens with zero attached hydrogens (tertiary/aromatic N) is 1. The molecular formula is C13H18N2O5. The van der Waals surface area contributed by atoms with Gasteiger partial charge in [-0.3, -0.25) is 4.79 Å². The number of ether oxygens (including phenoxy) is 2. The summed E-state index contributed by atoms with van der Waals surface area (Å²) >= 11 is 0. The van der Waals surface area contributed by atoms with Crippen LogP contribution in [-0.4, -0.2) is 55.4 Å². The Morgan fingerprint density at radius 1 is 1.25 bits per heavy atom. The molecule has 1 aromatic rings. The number of hydrogen-bond donors (Lipinski definition) is 2. The number of aromatic nitrogens is 1. The van der Waals surface area contributed by atoms with Gasteiger partial charge in [0.25, 0.3) is 5.91 Å². The molecule has 20 heavy (non-hydrogen) atoms. The molecule has 1 rings (SSSR count). The molecule has 0 atom stereocenters. The Kier molecular flexibility index (Phi) is 7.23. The van der Waals surface area contributed by atoms with E-state index in [-0.39, 0.29) is 11.4 Å². The molecule has 0 aromatic carbocycles. The van der Waals surface area contributed by atoms with Gasteiger partial charge in [0.15, 0.2) is 0 Å². The van der Waals surface area contributed by atoms with Gasteiger partial charge in [-0.25, -0.2) is 9.78 Å². The smallest absolute Gasteiger partial charge is 0.354 e. The van der Waals surface area contributed by atoms with Gasteiger partial charge in [0.2, 0.25) is 0 Å². The van der Waals surface area contributed by atoms with E-state index in [1.54, 1.807) is 7.11 Å². The van der Waals surface area contributed by atoms with Crippen molar-refractivity contribution >= 4 is 11.9 Å². The van der Waals surface area contributed by atoms with Crippen LogP contribution in [0, 0.1) is 0 Å². The SMILES string of the molecule is COCCOCCCNC(=O)c1cccc(C(=O)O)n1. The Hall–Kier alpha value is -1.99. The van der Waals surface area contributed by atoms with Gasteiger partial charge in [-0.15, -0.1) is 0 Å². The summed E-state index contributed by atoms with van der Waals surface area (Å²) in [5.41, 5.74) is -0.0641. The monoisotopic (exact) mass is 282 g/mol. The number of nitrogens with one attached hydrogen (secondary N) is 1. The highest BCUT2D eigenvalue weighted by Crippen LogP contribution is 1.99. The van der Waals surface area contributed by atoms with Crippen LogP contribution in [0.2, 0.25) is 0 Å². The lowest BCUT2D eigenvalue weighted by Gasteiger charge is -2.06. The van der Waals surface area contributed by atoms with E-state index in [0.717, 1.165) is 0 Å². The Morgan fingerprint density at radius 3 is 2.70 bits per heavy atom. The molecule has 0 saturated carbocycles. The van der Waals surface area contributed by atoms with Gasteiger partial charge >= 0.3 is 5.97 Å². The second kappa shape index (κ2) is 9.00. The van der Waals surface area contributed by atoms with Gasteiger partial charge in [0.1, 0.15) is 11.4 Å². The fourth-order valence-electron chi connectivity index (χ4n) is 1.39. The topological polar surface area (TPSA) is 97.8 Å². The average molecular weight is 282 g/mol. The zero-order valence-corrected chi connectivity index (χ0v) is 11.3. The molecule has 1 amide bonds. The normalized spacial score (nSPS) is 10.2. The number of amides is 1. The first kappa shape index (κ1) is 16.1. The van der Waals surface area contributed by atoms with Gasteiger partial charge in [-0.1, -0.05) is 6.07 Å². The van der Waals surface area contributed by atoms with Crippen LogP contribution >= 0.6 is 0 Å². The summed E-state index contributed by atoms with van der Waals surface area (Å²) < 4.78 is 10.1. The van der Waals surface area contributed by atoms with Crippen molar-refractivity contribution in [1.29, 1.82) is 0 Å². The minimum absolute atomic E-state index is 0.0881. The van der Waals surface area contributed by atoms with E-state index in [1.807, 2.05) is 0 Å². The third kappa shape index (κ3) is 5.77. The highest BCUT2D eigenvalue weighted by molar-refractivity contribution is 5.94.